The molecule has 3 aromatic rings. The molecule has 0 bridgehead atoms. The zero-order chi connectivity index (χ0) is 29.7. The number of alkyl halides is 6. The summed E-state index contributed by atoms with van der Waals surface area (Å²) < 4.78 is 70.2. The van der Waals surface area contributed by atoms with Gasteiger partial charge in [0.15, 0.2) is 0 Å². The summed E-state index contributed by atoms with van der Waals surface area (Å²) in [5.41, 5.74) is 3.97. The summed E-state index contributed by atoms with van der Waals surface area (Å²) in [5, 5.41) is 28.5. The van der Waals surface area contributed by atoms with E-state index in [0.29, 0.717) is 17.4 Å². The molecule has 3 aromatic heterocycles. The lowest BCUT2D eigenvalue weighted by Crippen LogP contribution is -2.21. The topological polar surface area (TPSA) is 160 Å². The van der Waals surface area contributed by atoms with Crippen LogP contribution in [0.2, 0.25) is 0 Å². The van der Waals surface area contributed by atoms with E-state index >= 15 is 0 Å². The molecular formula is C23H21F6N5O6. The summed E-state index contributed by atoms with van der Waals surface area (Å²) in [5.74, 6) is -3.64. The third-order valence-corrected chi connectivity index (χ3v) is 5.61. The van der Waals surface area contributed by atoms with E-state index in [4.69, 9.17) is 29.5 Å². The number of anilines is 2. The van der Waals surface area contributed by atoms with Crippen LogP contribution in [0.1, 0.15) is 18.7 Å². The first-order valence-corrected chi connectivity index (χ1v) is 11.4. The van der Waals surface area contributed by atoms with Gasteiger partial charge in [0.2, 0.25) is 0 Å². The molecule has 5 heterocycles. The molecule has 5 rings (SSSR count). The van der Waals surface area contributed by atoms with E-state index < -0.39 is 24.3 Å². The monoisotopic (exact) mass is 577 g/mol. The molecule has 1 fully saturated rings. The number of carbonyl (C=O) groups is 2. The van der Waals surface area contributed by atoms with E-state index in [1.54, 1.807) is 18.6 Å². The first kappa shape index (κ1) is 30.1. The van der Waals surface area contributed by atoms with Crippen molar-refractivity contribution in [2.75, 3.05) is 18.5 Å². The Balaban J connectivity index is 0.000000263. The molecule has 0 radical (unpaired) electrons. The average molecular weight is 577 g/mol. The quantitative estimate of drug-likeness (QED) is 0.197. The van der Waals surface area contributed by atoms with Gasteiger partial charge in [0.05, 0.1) is 11.9 Å². The number of pyridine rings is 2. The van der Waals surface area contributed by atoms with Crippen LogP contribution in [0.5, 0.6) is 0 Å². The molecule has 0 aliphatic carbocycles. The van der Waals surface area contributed by atoms with E-state index in [2.05, 4.69) is 15.3 Å². The maximum Gasteiger partial charge on any atom is 0.490 e. The number of rotatable bonds is 2. The maximum atomic E-state index is 11.0. The van der Waals surface area contributed by atoms with Gasteiger partial charge in [-0.2, -0.15) is 31.1 Å². The van der Waals surface area contributed by atoms with Crippen molar-refractivity contribution < 1.29 is 56.1 Å². The zero-order valence-corrected chi connectivity index (χ0v) is 20.2. The third kappa shape index (κ3) is 7.37. The van der Waals surface area contributed by atoms with E-state index in [1.807, 2.05) is 18.2 Å². The van der Waals surface area contributed by atoms with Gasteiger partial charge in [0, 0.05) is 43.2 Å². The molecule has 2 aliphatic rings. The minimum Gasteiger partial charge on any atom is -0.475 e. The van der Waals surface area contributed by atoms with Gasteiger partial charge >= 0.3 is 24.3 Å². The lowest BCUT2D eigenvalue weighted by atomic mass is 9.96. The number of nitrogens with zero attached hydrogens (tertiary/aromatic N) is 4. The summed E-state index contributed by atoms with van der Waals surface area (Å²) in [6, 6.07) is 5.74. The molecule has 4 N–H and O–H groups in total. The van der Waals surface area contributed by atoms with Gasteiger partial charge in [-0.25, -0.2) is 19.6 Å². The highest BCUT2D eigenvalue weighted by atomic mass is 19.4. The Morgan fingerprint density at radius 3 is 2.17 bits per heavy atom. The number of fused-ring (bicyclic) bond motifs is 5. The van der Waals surface area contributed by atoms with Crippen LogP contribution in [0, 0.1) is 5.92 Å². The molecule has 0 aromatic carbocycles. The van der Waals surface area contributed by atoms with Gasteiger partial charge in [0.25, 0.3) is 0 Å². The first-order valence-electron chi connectivity index (χ1n) is 11.4. The predicted octanol–water partition coefficient (Wildman–Crippen LogP) is 4.54. The van der Waals surface area contributed by atoms with E-state index in [1.165, 1.54) is 4.73 Å². The van der Waals surface area contributed by atoms with Crippen molar-refractivity contribution in [3.05, 3.63) is 42.6 Å². The maximum absolute atomic E-state index is 11.0. The molecule has 0 amide bonds. The second kappa shape index (κ2) is 12.2. The molecule has 216 valence electrons. The zero-order valence-electron chi connectivity index (χ0n) is 20.2. The van der Waals surface area contributed by atoms with Crippen molar-refractivity contribution in [3.63, 3.8) is 0 Å². The van der Waals surface area contributed by atoms with Gasteiger partial charge in [-0.1, -0.05) is 0 Å². The first-order chi connectivity index (χ1) is 18.7. The highest BCUT2D eigenvalue weighted by molar-refractivity contribution is 5.94. The number of ether oxygens (including phenoxy) is 1. The number of aliphatic carboxylic acids is 2. The van der Waals surface area contributed by atoms with Gasteiger partial charge in [-0.15, -0.1) is 0 Å². The number of carboxylic acid groups (broad SMARTS) is 2. The minimum absolute atomic E-state index is 0.476. The number of aromatic nitrogens is 4. The highest BCUT2D eigenvalue weighted by Gasteiger charge is 2.39. The van der Waals surface area contributed by atoms with Crippen LogP contribution >= 0.6 is 0 Å². The fourth-order valence-electron chi connectivity index (χ4n) is 3.75. The standard InChI is InChI=1S/C19H19N5O2.2C2HF3O2/c25-24-16(10-12-4-8-26-9-5-12)23-17-14-2-1-6-21-19(14)22-15-11-20-7-3-13(15)18(17)24;2*3-2(4,5)1(6)7/h1-3,6-7,11-12,25H,4-5,8-10H2,(H,21,22);2*(H,6,7). The third-order valence-electron chi connectivity index (χ3n) is 5.61. The number of carboxylic acids is 2. The number of hydrogen-bond donors (Lipinski definition) is 4. The summed E-state index contributed by atoms with van der Waals surface area (Å²) >= 11 is 0. The van der Waals surface area contributed by atoms with Crippen molar-refractivity contribution in [1.29, 1.82) is 0 Å². The van der Waals surface area contributed by atoms with Crippen molar-refractivity contribution in [1.82, 2.24) is 19.7 Å². The Kier molecular flexibility index (Phi) is 9.18. The van der Waals surface area contributed by atoms with Gasteiger partial charge < -0.3 is 25.5 Å². The van der Waals surface area contributed by atoms with Crippen LogP contribution in [-0.2, 0) is 20.7 Å². The van der Waals surface area contributed by atoms with Crippen LogP contribution in [-0.4, -0.2) is 72.6 Å². The molecule has 0 saturated carbocycles. The number of imidazole rings is 1. The number of hydrogen-bond acceptors (Lipinski definition) is 8. The summed E-state index contributed by atoms with van der Waals surface area (Å²) in [7, 11) is 0. The van der Waals surface area contributed by atoms with E-state index in [-0.39, 0.29) is 0 Å². The van der Waals surface area contributed by atoms with Crippen LogP contribution in [0.3, 0.4) is 0 Å². The molecular weight excluding hydrogens is 556 g/mol. The van der Waals surface area contributed by atoms with Crippen molar-refractivity contribution in [2.45, 2.75) is 31.6 Å². The van der Waals surface area contributed by atoms with Gasteiger partial charge in [0.1, 0.15) is 23.0 Å². The smallest absolute Gasteiger partial charge is 0.475 e. The van der Waals surface area contributed by atoms with Crippen LogP contribution in [0.25, 0.3) is 22.5 Å². The van der Waals surface area contributed by atoms with Crippen molar-refractivity contribution in [2.24, 2.45) is 5.92 Å². The minimum atomic E-state index is -5.08. The highest BCUT2D eigenvalue weighted by Crippen LogP contribution is 2.43. The largest absolute Gasteiger partial charge is 0.490 e. The van der Waals surface area contributed by atoms with Crippen LogP contribution < -0.4 is 5.32 Å². The van der Waals surface area contributed by atoms with Crippen molar-refractivity contribution in [3.8, 4) is 22.5 Å². The van der Waals surface area contributed by atoms with Gasteiger partial charge in [-0.05, 0) is 37.0 Å². The predicted molar refractivity (Wildman–Crippen MR) is 124 cm³/mol. The summed E-state index contributed by atoms with van der Waals surface area (Å²) in [6.07, 6.45) is -2.23. The Morgan fingerprint density at radius 1 is 1.00 bits per heavy atom. The Morgan fingerprint density at radius 2 is 1.60 bits per heavy atom. The van der Waals surface area contributed by atoms with Crippen LogP contribution in [0.15, 0.2) is 36.8 Å². The molecule has 40 heavy (non-hydrogen) atoms. The average Bonchev–Trinajstić information content (AvgIpc) is 3.12. The molecule has 1 saturated heterocycles. The van der Waals surface area contributed by atoms with E-state index in [0.717, 1.165) is 60.8 Å². The van der Waals surface area contributed by atoms with Crippen LogP contribution in [0.4, 0.5) is 37.8 Å². The normalized spacial score (nSPS) is 14.4. The second-order valence-corrected chi connectivity index (χ2v) is 8.35. The fourth-order valence-corrected chi connectivity index (χ4v) is 3.75. The Labute approximate surface area is 221 Å². The Bertz CT molecular complexity index is 1330. The summed E-state index contributed by atoms with van der Waals surface area (Å²) in [6.45, 7) is 1.56. The lowest BCUT2D eigenvalue weighted by molar-refractivity contribution is -0.193. The molecule has 0 unspecified atom stereocenters. The molecule has 17 heteroatoms. The number of halogens is 6. The number of nitrogens with one attached hydrogen (secondary N) is 1. The molecule has 0 atom stereocenters. The molecule has 0 spiro atoms. The van der Waals surface area contributed by atoms with Gasteiger partial charge in [-0.3, -0.25) is 4.98 Å². The van der Waals surface area contributed by atoms with E-state index in [9.17, 15) is 31.5 Å². The second-order valence-electron chi connectivity index (χ2n) is 8.35. The molecule has 2 aliphatic heterocycles. The lowest BCUT2D eigenvalue weighted by Gasteiger charge is -2.21. The fraction of sp³-hybridized carbons (Fsp3) is 0.348. The summed E-state index contributed by atoms with van der Waals surface area (Å²) in [4.78, 5) is 31.3. The van der Waals surface area contributed by atoms with Crippen molar-refractivity contribution >= 4 is 23.4 Å². The molecule has 11 nitrogen and oxygen atoms in total. The Hall–Kier alpha value is -4.41. The SMILES string of the molecule is O=C(O)C(F)(F)F.O=C(O)C(F)(F)F.On1c(CC2CCOCC2)nc2c1-c1ccncc1Nc1ncccc1-2.